The van der Waals surface area contributed by atoms with Crippen molar-refractivity contribution in [2.75, 3.05) is 33.4 Å². The smallest absolute Gasteiger partial charge is 0.310 e. The molecule has 0 spiro atoms. The molecule has 1 aromatic heterocycles. The van der Waals surface area contributed by atoms with Gasteiger partial charge in [0.25, 0.3) is 5.56 Å². The zero-order valence-corrected chi connectivity index (χ0v) is 21.0. The van der Waals surface area contributed by atoms with Gasteiger partial charge >= 0.3 is 5.97 Å². The predicted molar refractivity (Wildman–Crippen MR) is 132 cm³/mol. The van der Waals surface area contributed by atoms with Crippen LogP contribution in [0.2, 0.25) is 0 Å². The largest absolute Gasteiger partial charge is 0.493 e. The molecule has 1 aliphatic carbocycles. The summed E-state index contributed by atoms with van der Waals surface area (Å²) in [5.41, 5.74) is 0.451. The normalized spacial score (nSPS) is 17.8. The zero-order valence-electron chi connectivity index (χ0n) is 21.0. The van der Waals surface area contributed by atoms with Gasteiger partial charge in [-0.1, -0.05) is 6.42 Å². The van der Waals surface area contributed by atoms with E-state index in [1.54, 1.807) is 31.1 Å². The highest BCUT2D eigenvalue weighted by Crippen LogP contribution is 2.33. The Bertz CT molecular complexity index is 1130. The van der Waals surface area contributed by atoms with E-state index in [4.69, 9.17) is 14.2 Å². The lowest BCUT2D eigenvalue weighted by molar-refractivity contribution is -0.151. The van der Waals surface area contributed by atoms with Gasteiger partial charge in [-0.25, -0.2) is 0 Å². The molecule has 194 valence electrons. The number of hydrogen-bond acceptors (Lipinski definition) is 8. The summed E-state index contributed by atoms with van der Waals surface area (Å²) in [6.45, 7) is 3.70. The van der Waals surface area contributed by atoms with Crippen molar-refractivity contribution >= 4 is 11.9 Å². The Balaban J connectivity index is 1.35. The van der Waals surface area contributed by atoms with Gasteiger partial charge in [-0.2, -0.15) is 0 Å². The summed E-state index contributed by atoms with van der Waals surface area (Å²) < 4.78 is 16.5. The summed E-state index contributed by atoms with van der Waals surface area (Å²) in [6.07, 6.45) is 5.40. The van der Waals surface area contributed by atoms with E-state index in [2.05, 4.69) is 15.2 Å². The molecule has 10 nitrogen and oxygen atoms in total. The lowest BCUT2D eigenvalue weighted by atomic mass is 9.86. The van der Waals surface area contributed by atoms with Crippen LogP contribution >= 0.6 is 0 Å². The van der Waals surface area contributed by atoms with Crippen molar-refractivity contribution in [2.24, 2.45) is 11.8 Å². The number of ether oxygens (including phenoxy) is 3. The summed E-state index contributed by atoms with van der Waals surface area (Å²) >= 11 is 0. The van der Waals surface area contributed by atoms with E-state index in [0.29, 0.717) is 61.5 Å². The minimum Gasteiger partial charge on any atom is -0.493 e. The van der Waals surface area contributed by atoms with E-state index in [9.17, 15) is 14.4 Å². The molecule has 1 aromatic carbocycles. The third kappa shape index (κ3) is 6.22. The molecule has 10 heteroatoms. The van der Waals surface area contributed by atoms with Gasteiger partial charge < -0.3 is 24.1 Å². The maximum Gasteiger partial charge on any atom is 0.310 e. The topological polar surface area (TPSA) is 124 Å². The van der Waals surface area contributed by atoms with Crippen molar-refractivity contribution in [3.05, 3.63) is 34.2 Å². The van der Waals surface area contributed by atoms with Crippen LogP contribution in [0.15, 0.2) is 23.0 Å². The molecule has 2 fully saturated rings. The van der Waals surface area contributed by atoms with Crippen molar-refractivity contribution in [1.82, 2.24) is 20.1 Å². The molecule has 1 saturated carbocycles. The summed E-state index contributed by atoms with van der Waals surface area (Å²) in [4.78, 5) is 41.8. The molecule has 2 aromatic rings. The highest BCUT2D eigenvalue weighted by atomic mass is 16.5. The maximum absolute atomic E-state index is 12.7. The van der Waals surface area contributed by atoms with Gasteiger partial charge in [0.05, 0.1) is 26.2 Å². The number of likely N-dealkylation sites (tertiary alicyclic amines) is 1. The number of methoxy groups -OCH3 is 1. The number of H-pyrrole nitrogens is 1. The van der Waals surface area contributed by atoms with E-state index in [1.807, 2.05) is 6.07 Å². The fourth-order valence-electron chi connectivity index (χ4n) is 4.49. The second kappa shape index (κ2) is 12.0. The average molecular weight is 499 g/mol. The molecule has 2 aliphatic rings. The Morgan fingerprint density at radius 1 is 1.14 bits per heavy atom. The van der Waals surface area contributed by atoms with Crippen LogP contribution in [0.5, 0.6) is 11.5 Å². The molecule has 1 N–H and O–H groups in total. The molecule has 0 bridgehead atoms. The number of aromatic nitrogens is 3. The highest BCUT2D eigenvalue weighted by molar-refractivity contribution is 5.78. The van der Waals surface area contributed by atoms with E-state index in [0.717, 1.165) is 6.42 Å². The zero-order chi connectivity index (χ0) is 25.5. The quantitative estimate of drug-likeness (QED) is 0.496. The number of hydrogen-bond donors (Lipinski definition) is 1. The first-order valence-corrected chi connectivity index (χ1v) is 12.7. The van der Waals surface area contributed by atoms with Gasteiger partial charge in [0, 0.05) is 31.5 Å². The molecule has 1 aliphatic heterocycles. The Morgan fingerprint density at radius 2 is 1.97 bits per heavy atom. The maximum atomic E-state index is 12.7. The van der Waals surface area contributed by atoms with Crippen LogP contribution in [0.4, 0.5) is 0 Å². The van der Waals surface area contributed by atoms with Gasteiger partial charge in [-0.15, -0.1) is 10.2 Å². The van der Waals surface area contributed by atoms with Gasteiger partial charge in [0.15, 0.2) is 17.3 Å². The molecule has 2 heterocycles. The Morgan fingerprint density at radius 3 is 2.67 bits per heavy atom. The molecule has 1 amide bonds. The van der Waals surface area contributed by atoms with E-state index in [1.165, 1.54) is 19.3 Å². The van der Waals surface area contributed by atoms with E-state index >= 15 is 0 Å². The van der Waals surface area contributed by atoms with Crippen LogP contribution in [0.3, 0.4) is 0 Å². The van der Waals surface area contributed by atoms with Crippen molar-refractivity contribution < 1.29 is 23.8 Å². The molecule has 0 radical (unpaired) electrons. The SMILES string of the molecule is CCOC(=O)C1CCCN(C(=O)CCc2nnc(-c3ccc(OCC4CCC4)c(OC)c3)[nH]c2=O)C1. The van der Waals surface area contributed by atoms with Crippen molar-refractivity contribution in [3.63, 3.8) is 0 Å². The third-order valence-electron chi connectivity index (χ3n) is 6.87. The number of aromatic amines is 1. The lowest BCUT2D eigenvalue weighted by Crippen LogP contribution is -2.43. The Kier molecular flexibility index (Phi) is 8.56. The standard InChI is InChI=1S/C26H34N4O6/c1-3-35-26(33)19-8-5-13-30(15-19)23(31)12-10-20-25(32)27-24(29-28-20)18-9-11-21(22(14-18)34-2)36-16-17-6-4-7-17/h9,11,14,17,19H,3-8,10,12-13,15-16H2,1-2H3,(H,27,29,32). The second-order valence-electron chi connectivity index (χ2n) is 9.35. The summed E-state index contributed by atoms with van der Waals surface area (Å²) in [7, 11) is 1.57. The van der Waals surface area contributed by atoms with E-state index in [-0.39, 0.29) is 41.9 Å². The average Bonchev–Trinajstić information content (AvgIpc) is 2.87. The number of rotatable bonds is 10. The first-order valence-electron chi connectivity index (χ1n) is 12.7. The number of nitrogens with zero attached hydrogens (tertiary/aromatic N) is 3. The number of carbonyl (C=O) groups is 2. The number of nitrogens with one attached hydrogen (secondary N) is 1. The van der Waals surface area contributed by atoms with Gasteiger partial charge in [-0.3, -0.25) is 14.4 Å². The minimum atomic E-state index is -0.389. The van der Waals surface area contributed by atoms with Crippen molar-refractivity contribution in [3.8, 4) is 22.9 Å². The number of aryl methyl sites for hydroxylation is 1. The number of amides is 1. The number of esters is 1. The number of carbonyl (C=O) groups excluding carboxylic acids is 2. The van der Waals surface area contributed by atoms with Crippen LogP contribution < -0.4 is 15.0 Å². The van der Waals surface area contributed by atoms with Gasteiger partial charge in [-0.05, 0) is 56.7 Å². The van der Waals surface area contributed by atoms with Crippen LogP contribution in [0.1, 0.15) is 51.1 Å². The first kappa shape index (κ1) is 25.7. The fourth-order valence-corrected chi connectivity index (χ4v) is 4.49. The molecule has 4 rings (SSSR count). The summed E-state index contributed by atoms with van der Waals surface area (Å²) in [5.74, 6) is 1.46. The van der Waals surface area contributed by atoms with Gasteiger partial charge in [0.2, 0.25) is 5.91 Å². The van der Waals surface area contributed by atoms with Crippen LogP contribution in [-0.2, 0) is 20.7 Å². The second-order valence-corrected chi connectivity index (χ2v) is 9.35. The summed E-state index contributed by atoms with van der Waals surface area (Å²) in [5, 5.41) is 8.25. The van der Waals surface area contributed by atoms with Crippen LogP contribution in [0.25, 0.3) is 11.4 Å². The predicted octanol–water partition coefficient (Wildman–Crippen LogP) is 2.75. The highest BCUT2D eigenvalue weighted by Gasteiger charge is 2.29. The molecule has 1 saturated heterocycles. The molecule has 36 heavy (non-hydrogen) atoms. The van der Waals surface area contributed by atoms with Gasteiger partial charge in [0.1, 0.15) is 5.69 Å². The van der Waals surface area contributed by atoms with Crippen molar-refractivity contribution in [1.29, 1.82) is 0 Å². The minimum absolute atomic E-state index is 0.114. The first-order chi connectivity index (χ1) is 17.5. The molecule has 1 unspecified atom stereocenters. The third-order valence-corrected chi connectivity index (χ3v) is 6.87. The fraction of sp³-hybridized carbons (Fsp3) is 0.577. The van der Waals surface area contributed by atoms with Crippen molar-refractivity contribution in [2.45, 2.75) is 51.9 Å². The molecular formula is C26H34N4O6. The number of piperidine rings is 1. The van der Waals surface area contributed by atoms with Crippen LogP contribution in [0, 0.1) is 11.8 Å². The Hall–Kier alpha value is -3.43. The number of benzene rings is 1. The Labute approximate surface area is 210 Å². The molecule has 1 atom stereocenters. The lowest BCUT2D eigenvalue weighted by Gasteiger charge is -2.31. The van der Waals surface area contributed by atoms with E-state index < -0.39 is 0 Å². The van der Waals surface area contributed by atoms with Crippen LogP contribution in [-0.4, -0.2) is 65.4 Å². The monoisotopic (exact) mass is 498 g/mol. The molecular weight excluding hydrogens is 464 g/mol. The summed E-state index contributed by atoms with van der Waals surface area (Å²) in [6, 6.07) is 5.37.